The molecule has 1 aliphatic heterocycles. The van der Waals surface area contributed by atoms with Gasteiger partial charge in [0.1, 0.15) is 11.9 Å². The average Bonchev–Trinajstić information content (AvgIpc) is 3.20. The van der Waals surface area contributed by atoms with E-state index in [-0.39, 0.29) is 38.4 Å². The molecule has 1 heterocycles. The Morgan fingerprint density at radius 1 is 1.17 bits per heavy atom. The number of carbonyl (C=O) groups excluding carboxylic acids is 4. The van der Waals surface area contributed by atoms with Crippen molar-refractivity contribution in [2.24, 2.45) is 11.5 Å². The zero-order valence-corrected chi connectivity index (χ0v) is 19.3. The van der Waals surface area contributed by atoms with Gasteiger partial charge in [0.2, 0.25) is 17.7 Å². The monoisotopic (exact) mass is 485 g/mol. The Morgan fingerprint density at radius 3 is 2.51 bits per heavy atom. The number of benzene rings is 2. The zero-order valence-electron chi connectivity index (χ0n) is 19.3. The van der Waals surface area contributed by atoms with Gasteiger partial charge in [-0.15, -0.1) is 0 Å². The number of halogens is 1. The van der Waals surface area contributed by atoms with E-state index in [2.05, 4.69) is 10.6 Å². The molecule has 4 amide bonds. The topological polar surface area (TPSA) is 157 Å². The first kappa shape index (κ1) is 25.6. The Kier molecular flexibility index (Phi) is 8.37. The summed E-state index contributed by atoms with van der Waals surface area (Å²) in [6, 6.07) is 10.6. The van der Waals surface area contributed by atoms with Crippen LogP contribution >= 0.6 is 0 Å². The summed E-state index contributed by atoms with van der Waals surface area (Å²) in [6.07, 6.45) is -0.918. The largest absolute Gasteiger partial charge is 0.442 e. The second-order valence-electron chi connectivity index (χ2n) is 8.24. The van der Waals surface area contributed by atoms with Crippen LogP contribution in [0, 0.1) is 5.82 Å². The first-order chi connectivity index (χ1) is 16.6. The van der Waals surface area contributed by atoms with Crippen LogP contribution in [-0.2, 0) is 25.7 Å². The molecule has 6 N–H and O–H groups in total. The van der Waals surface area contributed by atoms with Crippen molar-refractivity contribution in [1.29, 1.82) is 0 Å². The quantitative estimate of drug-likeness (QED) is 0.396. The SMILES string of the molecule is CC(=O)NCC1CN(c2ccc(-c3ccc(CNC(=O)[C@H](N)CCC(N)=O)cc3)c(F)c2)C(=O)O1. The molecule has 35 heavy (non-hydrogen) atoms. The summed E-state index contributed by atoms with van der Waals surface area (Å²) in [4.78, 5) is 47.4. The summed E-state index contributed by atoms with van der Waals surface area (Å²) >= 11 is 0. The molecule has 1 fully saturated rings. The first-order valence-corrected chi connectivity index (χ1v) is 11.1. The molecule has 10 nitrogen and oxygen atoms in total. The van der Waals surface area contributed by atoms with Crippen LogP contribution in [0.5, 0.6) is 0 Å². The molecule has 11 heteroatoms. The molecule has 0 bridgehead atoms. The van der Waals surface area contributed by atoms with E-state index in [4.69, 9.17) is 16.2 Å². The highest BCUT2D eigenvalue weighted by atomic mass is 19.1. The molecule has 0 saturated carbocycles. The number of nitrogens with zero attached hydrogens (tertiary/aromatic N) is 1. The standard InChI is InChI=1S/C24H28FN5O5/c1-14(31)28-12-18-13-30(24(34)35-18)17-6-7-19(20(25)10-17)16-4-2-15(3-5-16)11-29-23(33)21(26)8-9-22(27)32/h2-7,10,18,21H,8-9,11-13,26H2,1H3,(H2,27,32)(H,28,31)(H,29,33)/t18?,21-/m1/s1. The number of rotatable bonds is 10. The van der Waals surface area contributed by atoms with Crippen molar-refractivity contribution in [1.82, 2.24) is 10.6 Å². The van der Waals surface area contributed by atoms with E-state index in [1.807, 2.05) is 0 Å². The lowest BCUT2D eigenvalue weighted by atomic mass is 10.0. The molecule has 2 atom stereocenters. The van der Waals surface area contributed by atoms with Crippen LogP contribution in [0.2, 0.25) is 0 Å². The number of ether oxygens (including phenoxy) is 1. The van der Waals surface area contributed by atoms with E-state index in [0.717, 1.165) is 5.56 Å². The minimum Gasteiger partial charge on any atom is -0.442 e. The number of hydrogen-bond donors (Lipinski definition) is 4. The van der Waals surface area contributed by atoms with Crippen LogP contribution in [0.3, 0.4) is 0 Å². The molecular weight excluding hydrogens is 457 g/mol. The van der Waals surface area contributed by atoms with Crippen LogP contribution in [0.15, 0.2) is 42.5 Å². The highest BCUT2D eigenvalue weighted by Crippen LogP contribution is 2.29. The number of cyclic esters (lactones) is 1. The van der Waals surface area contributed by atoms with Crippen LogP contribution in [0.1, 0.15) is 25.3 Å². The molecule has 1 unspecified atom stereocenters. The second kappa shape index (κ2) is 11.4. The number of primary amides is 1. The maximum atomic E-state index is 14.9. The summed E-state index contributed by atoms with van der Waals surface area (Å²) in [5.41, 5.74) is 12.9. The van der Waals surface area contributed by atoms with Gasteiger partial charge in [-0.2, -0.15) is 0 Å². The summed E-state index contributed by atoms with van der Waals surface area (Å²) < 4.78 is 20.1. The van der Waals surface area contributed by atoms with Gasteiger partial charge in [0.05, 0.1) is 24.8 Å². The molecule has 186 valence electrons. The van der Waals surface area contributed by atoms with E-state index in [1.165, 1.54) is 17.9 Å². The van der Waals surface area contributed by atoms with Crippen molar-refractivity contribution in [3.8, 4) is 11.1 Å². The fourth-order valence-corrected chi connectivity index (χ4v) is 3.55. The molecule has 1 aliphatic rings. The van der Waals surface area contributed by atoms with Crippen LogP contribution < -0.4 is 27.0 Å². The lowest BCUT2D eigenvalue weighted by Gasteiger charge is -2.15. The van der Waals surface area contributed by atoms with E-state index in [1.54, 1.807) is 36.4 Å². The number of hydrogen-bond acceptors (Lipinski definition) is 6. The van der Waals surface area contributed by atoms with Gasteiger partial charge in [-0.05, 0) is 35.7 Å². The summed E-state index contributed by atoms with van der Waals surface area (Å²) in [7, 11) is 0. The lowest BCUT2D eigenvalue weighted by molar-refractivity contribution is -0.123. The van der Waals surface area contributed by atoms with Gasteiger partial charge in [-0.1, -0.05) is 24.3 Å². The van der Waals surface area contributed by atoms with Crippen molar-refractivity contribution < 1.29 is 28.3 Å². The summed E-state index contributed by atoms with van der Waals surface area (Å²) in [6.45, 7) is 1.98. The molecule has 2 aromatic rings. The first-order valence-electron chi connectivity index (χ1n) is 11.1. The third-order valence-corrected chi connectivity index (χ3v) is 5.49. The number of amides is 4. The van der Waals surface area contributed by atoms with Crippen molar-refractivity contribution >= 4 is 29.5 Å². The Hall–Kier alpha value is -3.99. The normalized spacial score (nSPS) is 15.9. The van der Waals surface area contributed by atoms with E-state index < -0.39 is 35.9 Å². The summed E-state index contributed by atoms with van der Waals surface area (Å²) in [5.74, 6) is -1.65. The molecular formula is C24H28FN5O5. The number of nitrogens with two attached hydrogens (primary N) is 2. The molecule has 2 aromatic carbocycles. The Balaban J connectivity index is 1.60. The van der Waals surface area contributed by atoms with E-state index in [9.17, 15) is 23.6 Å². The molecule has 1 saturated heterocycles. The third kappa shape index (κ3) is 7.00. The fraction of sp³-hybridized carbons (Fsp3) is 0.333. The average molecular weight is 486 g/mol. The van der Waals surface area contributed by atoms with Gasteiger partial charge < -0.3 is 26.8 Å². The number of anilines is 1. The third-order valence-electron chi connectivity index (χ3n) is 5.49. The minimum absolute atomic E-state index is 0.0320. The fourth-order valence-electron chi connectivity index (χ4n) is 3.55. The van der Waals surface area contributed by atoms with Gasteiger partial charge >= 0.3 is 6.09 Å². The highest BCUT2D eigenvalue weighted by molar-refractivity contribution is 5.90. The van der Waals surface area contributed by atoms with Crippen molar-refractivity contribution in [2.75, 3.05) is 18.0 Å². The lowest BCUT2D eigenvalue weighted by Crippen LogP contribution is -2.40. The zero-order chi connectivity index (χ0) is 25.5. The maximum absolute atomic E-state index is 14.9. The van der Waals surface area contributed by atoms with Crippen LogP contribution in [0.25, 0.3) is 11.1 Å². The molecule has 0 radical (unpaired) electrons. The maximum Gasteiger partial charge on any atom is 0.414 e. The molecule has 3 rings (SSSR count). The Morgan fingerprint density at radius 2 is 1.89 bits per heavy atom. The summed E-state index contributed by atoms with van der Waals surface area (Å²) in [5, 5.41) is 5.29. The minimum atomic E-state index is -0.831. The number of carbonyl (C=O) groups is 4. The smallest absolute Gasteiger partial charge is 0.414 e. The van der Waals surface area contributed by atoms with Crippen molar-refractivity contribution in [3.05, 3.63) is 53.8 Å². The van der Waals surface area contributed by atoms with Crippen LogP contribution in [0.4, 0.5) is 14.9 Å². The van der Waals surface area contributed by atoms with Gasteiger partial charge in [0.25, 0.3) is 0 Å². The van der Waals surface area contributed by atoms with E-state index >= 15 is 0 Å². The van der Waals surface area contributed by atoms with E-state index in [0.29, 0.717) is 16.8 Å². The highest BCUT2D eigenvalue weighted by Gasteiger charge is 2.32. The van der Waals surface area contributed by atoms with Crippen molar-refractivity contribution in [2.45, 2.75) is 38.5 Å². The molecule has 0 spiro atoms. The van der Waals surface area contributed by atoms with Gasteiger partial charge in [0, 0.05) is 25.5 Å². The van der Waals surface area contributed by atoms with Crippen molar-refractivity contribution in [3.63, 3.8) is 0 Å². The number of nitrogens with one attached hydrogen (secondary N) is 2. The second-order valence-corrected chi connectivity index (χ2v) is 8.24. The van der Waals surface area contributed by atoms with Gasteiger partial charge in [-0.3, -0.25) is 19.3 Å². The molecule has 0 aromatic heterocycles. The predicted octanol–water partition coefficient (Wildman–Crippen LogP) is 1.16. The van der Waals surface area contributed by atoms with Gasteiger partial charge in [-0.25, -0.2) is 9.18 Å². The van der Waals surface area contributed by atoms with Crippen LogP contribution in [-0.4, -0.2) is 49.1 Å². The molecule has 0 aliphatic carbocycles. The Labute approximate surface area is 201 Å². The van der Waals surface area contributed by atoms with Gasteiger partial charge in [0.15, 0.2) is 0 Å². The Bertz CT molecular complexity index is 1110. The predicted molar refractivity (Wildman–Crippen MR) is 126 cm³/mol.